The van der Waals surface area contributed by atoms with Crippen molar-refractivity contribution in [1.29, 1.82) is 0 Å². The number of rotatable bonds is 5. The molecule has 1 amide bonds. The quantitative estimate of drug-likeness (QED) is 0.918. The molecular formula is C16H17NO4. The summed E-state index contributed by atoms with van der Waals surface area (Å²) in [5.74, 6) is 1.13. The molecule has 0 unspecified atom stereocenters. The number of hydrogen-bond acceptors (Lipinski definition) is 4. The molecule has 2 rings (SSSR count). The van der Waals surface area contributed by atoms with Crippen LogP contribution in [0, 0.1) is 0 Å². The lowest BCUT2D eigenvalue weighted by Crippen LogP contribution is -2.26. The molecule has 0 heterocycles. The highest BCUT2D eigenvalue weighted by molar-refractivity contribution is 5.73. The number of carbonyl (C=O) groups is 1. The van der Waals surface area contributed by atoms with E-state index in [1.165, 1.54) is 14.2 Å². The highest BCUT2D eigenvalue weighted by Crippen LogP contribution is 2.36. The molecule has 0 aliphatic rings. The molecule has 0 aromatic heterocycles. The molecule has 0 bridgehead atoms. The van der Waals surface area contributed by atoms with Gasteiger partial charge in [0.25, 0.3) is 0 Å². The van der Waals surface area contributed by atoms with E-state index in [4.69, 9.17) is 14.2 Å². The van der Waals surface area contributed by atoms with Crippen LogP contribution in [0.5, 0.6) is 17.2 Å². The van der Waals surface area contributed by atoms with Gasteiger partial charge in [-0.2, -0.15) is 0 Å². The first kappa shape index (κ1) is 14.7. The minimum Gasteiger partial charge on any atom is -0.493 e. The molecule has 1 N–H and O–H groups in total. The van der Waals surface area contributed by atoms with Crippen molar-refractivity contribution in [3.05, 3.63) is 54.1 Å². The van der Waals surface area contributed by atoms with Crippen molar-refractivity contribution >= 4 is 6.09 Å². The molecule has 21 heavy (non-hydrogen) atoms. The molecule has 5 heteroatoms. The number of ether oxygens (including phenoxy) is 3. The van der Waals surface area contributed by atoms with Crippen LogP contribution in [0.3, 0.4) is 0 Å². The van der Waals surface area contributed by atoms with Gasteiger partial charge in [0, 0.05) is 6.54 Å². The predicted octanol–water partition coefficient (Wildman–Crippen LogP) is 2.99. The first-order valence-corrected chi connectivity index (χ1v) is 6.45. The fourth-order valence-electron chi connectivity index (χ4n) is 1.82. The predicted molar refractivity (Wildman–Crippen MR) is 78.9 cm³/mol. The lowest BCUT2D eigenvalue weighted by molar-refractivity contribution is 0.195. The van der Waals surface area contributed by atoms with Gasteiger partial charge in [-0.05, 0) is 17.7 Å². The lowest BCUT2D eigenvalue weighted by atomic mass is 10.2. The van der Waals surface area contributed by atoms with Crippen molar-refractivity contribution in [2.24, 2.45) is 0 Å². The first-order valence-electron chi connectivity index (χ1n) is 6.45. The second-order valence-electron chi connectivity index (χ2n) is 4.22. The Kier molecular flexibility index (Phi) is 5.04. The van der Waals surface area contributed by atoms with E-state index < -0.39 is 6.09 Å². The van der Waals surface area contributed by atoms with Crippen molar-refractivity contribution in [3.63, 3.8) is 0 Å². The van der Waals surface area contributed by atoms with Gasteiger partial charge in [-0.15, -0.1) is 0 Å². The number of hydrogen-bond donors (Lipinski definition) is 1. The van der Waals surface area contributed by atoms with Crippen LogP contribution in [0.4, 0.5) is 4.79 Å². The Labute approximate surface area is 123 Å². The Bertz CT molecular complexity index is 576. The van der Waals surface area contributed by atoms with Crippen LogP contribution in [0.15, 0.2) is 48.5 Å². The maximum atomic E-state index is 11.9. The number of amides is 1. The zero-order valence-electron chi connectivity index (χ0n) is 12.0. The third kappa shape index (κ3) is 3.89. The summed E-state index contributed by atoms with van der Waals surface area (Å²) in [5.41, 5.74) is 0.987. The molecule has 5 nitrogen and oxygen atoms in total. The summed E-state index contributed by atoms with van der Waals surface area (Å²) in [5, 5.41) is 2.68. The Morgan fingerprint density at radius 1 is 0.952 bits per heavy atom. The van der Waals surface area contributed by atoms with Crippen molar-refractivity contribution in [3.8, 4) is 17.2 Å². The number of carbonyl (C=O) groups excluding carboxylic acids is 1. The SMILES string of the molecule is COc1cccc(OC)c1OC(=O)NCc1ccccc1. The molecule has 2 aromatic rings. The Morgan fingerprint density at radius 2 is 1.57 bits per heavy atom. The maximum Gasteiger partial charge on any atom is 0.413 e. The molecule has 0 saturated heterocycles. The van der Waals surface area contributed by atoms with Gasteiger partial charge in [-0.25, -0.2) is 4.79 Å². The average Bonchev–Trinajstić information content (AvgIpc) is 2.54. The van der Waals surface area contributed by atoms with Crippen LogP contribution < -0.4 is 19.5 Å². The van der Waals surface area contributed by atoms with E-state index in [-0.39, 0.29) is 5.75 Å². The van der Waals surface area contributed by atoms with Gasteiger partial charge in [0.1, 0.15) is 0 Å². The minimum absolute atomic E-state index is 0.257. The highest BCUT2D eigenvalue weighted by atomic mass is 16.6. The molecule has 0 spiro atoms. The van der Waals surface area contributed by atoms with E-state index in [9.17, 15) is 4.79 Å². The molecule has 110 valence electrons. The van der Waals surface area contributed by atoms with Crippen molar-refractivity contribution in [2.45, 2.75) is 6.54 Å². The average molecular weight is 287 g/mol. The topological polar surface area (TPSA) is 56.8 Å². The van der Waals surface area contributed by atoms with E-state index in [0.717, 1.165) is 5.56 Å². The van der Waals surface area contributed by atoms with Gasteiger partial charge in [0.2, 0.25) is 5.75 Å². The molecule has 0 fully saturated rings. The smallest absolute Gasteiger partial charge is 0.413 e. The molecule has 0 atom stereocenters. The monoisotopic (exact) mass is 287 g/mol. The highest BCUT2D eigenvalue weighted by Gasteiger charge is 2.15. The number of benzene rings is 2. The van der Waals surface area contributed by atoms with Gasteiger partial charge < -0.3 is 19.5 Å². The fraction of sp³-hybridized carbons (Fsp3) is 0.188. The van der Waals surface area contributed by atoms with Crippen LogP contribution in [0.25, 0.3) is 0 Å². The molecule has 0 aliphatic carbocycles. The van der Waals surface area contributed by atoms with Crippen molar-refractivity contribution in [2.75, 3.05) is 14.2 Å². The summed E-state index contributed by atoms with van der Waals surface area (Å²) in [6.07, 6.45) is -0.568. The van der Waals surface area contributed by atoms with Crippen LogP contribution in [-0.2, 0) is 6.54 Å². The van der Waals surface area contributed by atoms with E-state index >= 15 is 0 Å². The molecule has 0 radical (unpaired) electrons. The summed E-state index contributed by atoms with van der Waals surface area (Å²) in [6, 6.07) is 14.7. The van der Waals surface area contributed by atoms with Gasteiger partial charge in [-0.3, -0.25) is 0 Å². The van der Waals surface area contributed by atoms with E-state index in [0.29, 0.717) is 18.0 Å². The Hall–Kier alpha value is -2.69. The van der Waals surface area contributed by atoms with E-state index in [2.05, 4.69) is 5.32 Å². The molecular weight excluding hydrogens is 270 g/mol. The summed E-state index contributed by atoms with van der Waals surface area (Å²) in [4.78, 5) is 11.9. The Balaban J connectivity index is 2.02. The van der Waals surface area contributed by atoms with Gasteiger partial charge in [0.05, 0.1) is 14.2 Å². The Morgan fingerprint density at radius 3 is 2.14 bits per heavy atom. The minimum atomic E-state index is -0.568. The summed E-state index contributed by atoms with van der Waals surface area (Å²) in [6.45, 7) is 0.386. The molecule has 0 saturated carbocycles. The van der Waals surface area contributed by atoms with E-state index in [1.807, 2.05) is 30.3 Å². The molecule has 0 aliphatic heterocycles. The van der Waals surface area contributed by atoms with Crippen molar-refractivity contribution < 1.29 is 19.0 Å². The standard InChI is InChI=1S/C16H17NO4/c1-19-13-9-6-10-14(20-2)15(13)21-16(18)17-11-12-7-4-3-5-8-12/h3-10H,11H2,1-2H3,(H,17,18). The normalized spacial score (nSPS) is 9.81. The zero-order valence-corrected chi connectivity index (χ0v) is 12.0. The number of methoxy groups -OCH3 is 2. The third-order valence-corrected chi connectivity index (χ3v) is 2.86. The second-order valence-corrected chi connectivity index (χ2v) is 4.22. The summed E-state index contributed by atoms with van der Waals surface area (Å²) >= 11 is 0. The van der Waals surface area contributed by atoms with Gasteiger partial charge in [0.15, 0.2) is 11.5 Å². The lowest BCUT2D eigenvalue weighted by Gasteiger charge is -2.13. The van der Waals surface area contributed by atoms with Crippen LogP contribution in [0.2, 0.25) is 0 Å². The van der Waals surface area contributed by atoms with E-state index in [1.54, 1.807) is 18.2 Å². The zero-order chi connectivity index (χ0) is 15.1. The van der Waals surface area contributed by atoms with Crippen molar-refractivity contribution in [1.82, 2.24) is 5.32 Å². The third-order valence-electron chi connectivity index (χ3n) is 2.86. The maximum absolute atomic E-state index is 11.9. The fourth-order valence-corrected chi connectivity index (χ4v) is 1.82. The number of para-hydroxylation sites is 1. The first-order chi connectivity index (χ1) is 10.2. The number of nitrogens with one attached hydrogen (secondary N) is 1. The molecule has 2 aromatic carbocycles. The second kappa shape index (κ2) is 7.19. The summed E-state index contributed by atoms with van der Waals surface area (Å²) < 4.78 is 15.6. The van der Waals surface area contributed by atoms with Gasteiger partial charge >= 0.3 is 6.09 Å². The van der Waals surface area contributed by atoms with Gasteiger partial charge in [-0.1, -0.05) is 36.4 Å². The van der Waals surface area contributed by atoms with Crippen LogP contribution in [-0.4, -0.2) is 20.3 Å². The van der Waals surface area contributed by atoms with Crippen LogP contribution in [0.1, 0.15) is 5.56 Å². The largest absolute Gasteiger partial charge is 0.493 e. The van der Waals surface area contributed by atoms with Crippen LogP contribution >= 0.6 is 0 Å². The summed E-state index contributed by atoms with van der Waals surface area (Å²) in [7, 11) is 3.01.